The number of nitrogens with zero attached hydrogens (tertiary/aromatic N) is 4. The number of carboxylic acids is 1. The van der Waals surface area contributed by atoms with Crippen molar-refractivity contribution in [3.8, 4) is 5.69 Å². The SMILES string of the molecule is CSc1ncc(C(=O)O)c(Nc2cc(C(C)(C)C)nn2-c2ccccc2C)n1. The summed E-state index contributed by atoms with van der Waals surface area (Å²) in [4.78, 5) is 20.1. The van der Waals surface area contributed by atoms with Gasteiger partial charge in [0.05, 0.1) is 11.4 Å². The second-order valence-corrected chi connectivity index (χ2v) is 8.19. The zero-order chi connectivity index (χ0) is 20.5. The van der Waals surface area contributed by atoms with E-state index in [1.807, 2.05) is 43.5 Å². The van der Waals surface area contributed by atoms with Crippen molar-refractivity contribution in [1.29, 1.82) is 0 Å². The summed E-state index contributed by atoms with van der Waals surface area (Å²) in [6, 6.07) is 9.84. The van der Waals surface area contributed by atoms with Crippen LogP contribution in [0, 0.1) is 6.92 Å². The number of anilines is 2. The van der Waals surface area contributed by atoms with Crippen LogP contribution in [0.3, 0.4) is 0 Å². The molecule has 0 radical (unpaired) electrons. The first-order valence-electron chi connectivity index (χ1n) is 8.78. The fourth-order valence-corrected chi connectivity index (χ4v) is 3.00. The van der Waals surface area contributed by atoms with Gasteiger partial charge in [0, 0.05) is 17.7 Å². The van der Waals surface area contributed by atoms with E-state index in [2.05, 4.69) is 36.1 Å². The molecule has 0 saturated carbocycles. The highest BCUT2D eigenvalue weighted by Gasteiger charge is 2.23. The lowest BCUT2D eigenvalue weighted by molar-refractivity contribution is 0.0697. The Bertz CT molecular complexity index is 1020. The van der Waals surface area contributed by atoms with Crippen molar-refractivity contribution < 1.29 is 9.90 Å². The summed E-state index contributed by atoms with van der Waals surface area (Å²) < 4.78 is 1.79. The third-order valence-electron chi connectivity index (χ3n) is 4.25. The number of aromatic nitrogens is 4. The van der Waals surface area contributed by atoms with Gasteiger partial charge in [-0.25, -0.2) is 19.4 Å². The molecule has 0 atom stereocenters. The van der Waals surface area contributed by atoms with Crippen LogP contribution in [0.1, 0.15) is 42.4 Å². The molecule has 0 saturated heterocycles. The van der Waals surface area contributed by atoms with Crippen molar-refractivity contribution in [2.24, 2.45) is 0 Å². The first-order chi connectivity index (χ1) is 13.2. The molecule has 7 nitrogen and oxygen atoms in total. The lowest BCUT2D eigenvalue weighted by Gasteiger charge is -2.14. The number of para-hydroxylation sites is 1. The van der Waals surface area contributed by atoms with Crippen molar-refractivity contribution in [2.45, 2.75) is 38.3 Å². The second kappa shape index (κ2) is 7.63. The quantitative estimate of drug-likeness (QED) is 0.486. The normalized spacial score (nSPS) is 11.5. The minimum absolute atomic E-state index is 0.00708. The molecule has 2 N–H and O–H groups in total. The minimum atomic E-state index is -1.09. The molecule has 28 heavy (non-hydrogen) atoms. The molecule has 0 spiro atoms. The number of aryl methyl sites for hydroxylation is 1. The van der Waals surface area contributed by atoms with Crippen LogP contribution in [0.25, 0.3) is 5.69 Å². The molecule has 146 valence electrons. The topological polar surface area (TPSA) is 92.9 Å². The summed E-state index contributed by atoms with van der Waals surface area (Å²) in [6.45, 7) is 8.26. The Morgan fingerprint density at radius 3 is 2.57 bits per heavy atom. The lowest BCUT2D eigenvalue weighted by Crippen LogP contribution is -2.13. The Hall–Kier alpha value is -2.87. The number of benzene rings is 1. The number of thioether (sulfide) groups is 1. The molecule has 2 aromatic heterocycles. The summed E-state index contributed by atoms with van der Waals surface area (Å²) in [7, 11) is 0. The Kier molecular flexibility index (Phi) is 5.42. The monoisotopic (exact) mass is 397 g/mol. The van der Waals surface area contributed by atoms with Crippen LogP contribution in [0.5, 0.6) is 0 Å². The summed E-state index contributed by atoms with van der Waals surface area (Å²) in [5.41, 5.74) is 2.69. The average molecular weight is 398 g/mol. The van der Waals surface area contributed by atoms with Gasteiger partial charge >= 0.3 is 5.97 Å². The van der Waals surface area contributed by atoms with Crippen molar-refractivity contribution in [3.05, 3.63) is 53.3 Å². The largest absolute Gasteiger partial charge is 0.477 e. The van der Waals surface area contributed by atoms with Crippen LogP contribution < -0.4 is 5.32 Å². The maximum atomic E-state index is 11.6. The van der Waals surface area contributed by atoms with Crippen molar-refractivity contribution in [3.63, 3.8) is 0 Å². The van der Waals surface area contributed by atoms with E-state index in [-0.39, 0.29) is 16.8 Å². The molecule has 8 heteroatoms. The number of hydrogen-bond donors (Lipinski definition) is 2. The number of rotatable bonds is 5. The maximum Gasteiger partial charge on any atom is 0.341 e. The predicted octanol–water partition coefficient (Wildman–Crippen LogP) is 4.43. The third-order valence-corrected chi connectivity index (χ3v) is 4.81. The van der Waals surface area contributed by atoms with Gasteiger partial charge < -0.3 is 10.4 Å². The number of nitrogens with one attached hydrogen (secondary N) is 1. The lowest BCUT2D eigenvalue weighted by atomic mass is 9.92. The molecule has 0 amide bonds. The van der Waals surface area contributed by atoms with Crippen LogP contribution in [-0.4, -0.2) is 37.1 Å². The fraction of sp³-hybridized carbons (Fsp3) is 0.300. The molecule has 0 bridgehead atoms. The van der Waals surface area contributed by atoms with Crippen molar-refractivity contribution >= 4 is 29.4 Å². The first-order valence-corrected chi connectivity index (χ1v) is 10.0. The van der Waals surface area contributed by atoms with Crippen molar-refractivity contribution in [1.82, 2.24) is 19.7 Å². The summed E-state index contributed by atoms with van der Waals surface area (Å²) in [5.74, 6) is -0.206. The van der Waals surface area contributed by atoms with Gasteiger partial charge in [-0.15, -0.1) is 0 Å². The van der Waals surface area contributed by atoms with Crippen LogP contribution in [0.15, 0.2) is 41.7 Å². The van der Waals surface area contributed by atoms with Gasteiger partial charge in [-0.2, -0.15) is 5.10 Å². The Morgan fingerprint density at radius 1 is 1.25 bits per heavy atom. The van der Waals surface area contributed by atoms with E-state index in [9.17, 15) is 9.90 Å². The van der Waals surface area contributed by atoms with Gasteiger partial charge in [0.2, 0.25) is 0 Å². The molecule has 3 rings (SSSR count). The van der Waals surface area contributed by atoms with Gasteiger partial charge in [-0.3, -0.25) is 0 Å². The van der Waals surface area contributed by atoms with E-state index in [0.717, 1.165) is 16.9 Å². The van der Waals surface area contributed by atoms with Crippen LogP contribution in [0.2, 0.25) is 0 Å². The zero-order valence-electron chi connectivity index (χ0n) is 16.5. The number of aromatic carboxylic acids is 1. The van der Waals surface area contributed by atoms with Crippen LogP contribution in [-0.2, 0) is 5.41 Å². The number of carboxylic acid groups (broad SMARTS) is 1. The van der Waals surface area contributed by atoms with E-state index < -0.39 is 5.97 Å². The third kappa shape index (κ3) is 4.01. The van der Waals surface area contributed by atoms with E-state index in [1.165, 1.54) is 18.0 Å². The minimum Gasteiger partial charge on any atom is -0.477 e. The van der Waals surface area contributed by atoms with Gasteiger partial charge in [-0.1, -0.05) is 50.7 Å². The second-order valence-electron chi connectivity index (χ2n) is 7.41. The molecule has 2 heterocycles. The number of carbonyl (C=O) groups is 1. The van der Waals surface area contributed by atoms with E-state index >= 15 is 0 Å². The highest BCUT2D eigenvalue weighted by atomic mass is 32.2. The molecule has 0 unspecified atom stereocenters. The molecule has 0 aliphatic rings. The number of hydrogen-bond acceptors (Lipinski definition) is 6. The summed E-state index contributed by atoms with van der Waals surface area (Å²) in [5, 5.41) is 18.0. The van der Waals surface area contributed by atoms with Crippen molar-refractivity contribution in [2.75, 3.05) is 11.6 Å². The molecule has 3 aromatic rings. The Labute approximate surface area is 168 Å². The average Bonchev–Trinajstić information content (AvgIpc) is 3.05. The molecule has 0 fully saturated rings. The van der Waals surface area contributed by atoms with Gasteiger partial charge in [0.1, 0.15) is 11.4 Å². The van der Waals surface area contributed by atoms with Crippen LogP contribution in [0.4, 0.5) is 11.6 Å². The highest BCUT2D eigenvalue weighted by Crippen LogP contribution is 2.30. The molecular formula is C20H23N5O2S. The Morgan fingerprint density at radius 2 is 1.96 bits per heavy atom. The molecule has 0 aliphatic heterocycles. The standard InChI is InChI=1S/C20H23N5O2S/c1-12-8-6-7-9-14(12)25-16(10-15(24-25)20(2,3)4)22-17-13(18(26)27)11-21-19(23-17)28-5/h6-11H,1-5H3,(H,26,27)(H,21,22,23). The van der Waals surface area contributed by atoms with E-state index in [1.54, 1.807) is 4.68 Å². The van der Waals surface area contributed by atoms with Gasteiger partial charge in [0.25, 0.3) is 0 Å². The zero-order valence-corrected chi connectivity index (χ0v) is 17.3. The maximum absolute atomic E-state index is 11.6. The van der Waals surface area contributed by atoms with E-state index in [0.29, 0.717) is 11.0 Å². The molecule has 1 aromatic carbocycles. The fourth-order valence-electron chi connectivity index (χ4n) is 2.66. The smallest absolute Gasteiger partial charge is 0.341 e. The van der Waals surface area contributed by atoms with E-state index in [4.69, 9.17) is 5.10 Å². The summed E-state index contributed by atoms with van der Waals surface area (Å²) >= 11 is 1.35. The van der Waals surface area contributed by atoms with Gasteiger partial charge in [0.15, 0.2) is 11.0 Å². The molecular weight excluding hydrogens is 374 g/mol. The Balaban J connectivity index is 2.16. The van der Waals surface area contributed by atoms with Gasteiger partial charge in [-0.05, 0) is 24.8 Å². The predicted molar refractivity (Wildman–Crippen MR) is 111 cm³/mol. The highest BCUT2D eigenvalue weighted by molar-refractivity contribution is 7.98. The molecule has 0 aliphatic carbocycles. The first kappa shape index (κ1) is 19.9. The summed E-state index contributed by atoms with van der Waals surface area (Å²) in [6.07, 6.45) is 3.16. The van der Waals surface area contributed by atoms with Crippen LogP contribution >= 0.6 is 11.8 Å².